The fraction of sp³-hybridized carbons (Fsp3) is 0.800. The van der Waals surface area contributed by atoms with Gasteiger partial charge < -0.3 is 10.1 Å². The van der Waals surface area contributed by atoms with Crippen molar-refractivity contribution in [3.8, 4) is 0 Å². The summed E-state index contributed by atoms with van der Waals surface area (Å²) in [5, 5.41) is 4.14. The van der Waals surface area contributed by atoms with Crippen molar-refractivity contribution in [1.82, 2.24) is 9.36 Å². The van der Waals surface area contributed by atoms with E-state index in [1.165, 1.54) is 11.5 Å². The molecule has 0 aliphatic carbocycles. The third-order valence-electron chi connectivity index (χ3n) is 1.70. The summed E-state index contributed by atoms with van der Waals surface area (Å²) in [4.78, 5) is 4.39. The largest absolute Gasteiger partial charge is 0.371 e. The Bertz CT molecular complexity index is 306. The summed E-state index contributed by atoms with van der Waals surface area (Å²) in [7, 11) is 0. The van der Waals surface area contributed by atoms with Crippen LogP contribution in [-0.4, -0.2) is 21.5 Å². The average Bonchev–Trinajstić information content (AvgIpc) is 2.50. The zero-order valence-corrected chi connectivity index (χ0v) is 10.8. The molecule has 0 spiro atoms. The van der Waals surface area contributed by atoms with E-state index in [9.17, 15) is 0 Å². The summed E-state index contributed by atoms with van der Waals surface area (Å²) in [6.07, 6.45) is -0.0261. The molecule has 1 unspecified atom stereocenters. The molecule has 0 saturated carbocycles. The third-order valence-corrected chi connectivity index (χ3v) is 2.35. The van der Waals surface area contributed by atoms with Crippen molar-refractivity contribution in [3.63, 3.8) is 0 Å². The Morgan fingerprint density at radius 2 is 2.13 bits per heavy atom. The van der Waals surface area contributed by atoms with Gasteiger partial charge in [-0.15, -0.1) is 0 Å². The van der Waals surface area contributed by atoms with Crippen molar-refractivity contribution < 1.29 is 4.74 Å². The number of rotatable bonds is 4. The zero-order valence-electron chi connectivity index (χ0n) is 10.00. The monoisotopic (exact) mass is 229 g/mol. The molecule has 1 rings (SSSR count). The minimum Gasteiger partial charge on any atom is -0.371 e. The minimum atomic E-state index is -0.0261. The molecule has 0 bridgehead atoms. The van der Waals surface area contributed by atoms with Crippen LogP contribution in [0.15, 0.2) is 0 Å². The van der Waals surface area contributed by atoms with Gasteiger partial charge in [-0.1, -0.05) is 0 Å². The van der Waals surface area contributed by atoms with Crippen LogP contribution in [0.3, 0.4) is 0 Å². The van der Waals surface area contributed by atoms with Gasteiger partial charge in [0.2, 0.25) is 5.13 Å². The predicted molar refractivity (Wildman–Crippen MR) is 63.3 cm³/mol. The van der Waals surface area contributed by atoms with Gasteiger partial charge in [-0.05, 0) is 34.6 Å². The summed E-state index contributed by atoms with van der Waals surface area (Å²) in [6.45, 7) is 10.9. The molecule has 0 amide bonds. The predicted octanol–water partition coefficient (Wildman–Crippen LogP) is 2.85. The van der Waals surface area contributed by atoms with E-state index >= 15 is 0 Å². The Labute approximate surface area is 95.2 Å². The lowest BCUT2D eigenvalue weighted by Gasteiger charge is -2.19. The number of anilines is 1. The van der Waals surface area contributed by atoms with E-state index in [2.05, 4.69) is 35.4 Å². The quantitative estimate of drug-likeness (QED) is 0.862. The lowest BCUT2D eigenvalue weighted by atomic mass is 10.1. The summed E-state index contributed by atoms with van der Waals surface area (Å²) in [5.41, 5.74) is 0.0195. The number of aromatic nitrogens is 2. The highest BCUT2D eigenvalue weighted by Crippen LogP contribution is 2.21. The molecule has 0 fully saturated rings. The average molecular weight is 229 g/mol. The minimum absolute atomic E-state index is 0.0195. The highest BCUT2D eigenvalue weighted by molar-refractivity contribution is 7.09. The molecule has 1 aromatic heterocycles. The van der Waals surface area contributed by atoms with Gasteiger partial charge in [0.1, 0.15) is 6.10 Å². The Kier molecular flexibility index (Phi) is 4.04. The normalized spacial score (nSPS) is 13.9. The molecule has 0 saturated heterocycles. The molecular weight excluding hydrogens is 210 g/mol. The number of hydrogen-bond acceptors (Lipinski definition) is 5. The second kappa shape index (κ2) is 4.90. The Balaban J connectivity index is 2.64. The molecule has 4 nitrogen and oxygen atoms in total. The highest BCUT2D eigenvalue weighted by Gasteiger charge is 2.15. The smallest absolute Gasteiger partial charge is 0.203 e. The molecule has 1 heterocycles. The van der Waals surface area contributed by atoms with Crippen molar-refractivity contribution >= 4 is 16.7 Å². The first kappa shape index (κ1) is 12.4. The molecule has 86 valence electrons. The van der Waals surface area contributed by atoms with E-state index < -0.39 is 0 Å². The first-order chi connectivity index (χ1) is 6.92. The molecule has 1 atom stereocenters. The highest BCUT2D eigenvalue weighted by atomic mass is 32.1. The summed E-state index contributed by atoms with van der Waals surface area (Å²) >= 11 is 1.38. The van der Waals surface area contributed by atoms with Crippen LogP contribution in [0, 0.1) is 0 Å². The zero-order chi connectivity index (χ0) is 11.5. The summed E-state index contributed by atoms with van der Waals surface area (Å²) in [5.74, 6) is 0.758. The molecule has 0 aliphatic rings. The van der Waals surface area contributed by atoms with Crippen LogP contribution in [0.5, 0.6) is 0 Å². The van der Waals surface area contributed by atoms with Gasteiger partial charge >= 0.3 is 0 Å². The van der Waals surface area contributed by atoms with Gasteiger partial charge in [0.25, 0.3) is 0 Å². The molecule has 15 heavy (non-hydrogen) atoms. The van der Waals surface area contributed by atoms with Gasteiger partial charge in [-0.2, -0.15) is 4.37 Å². The van der Waals surface area contributed by atoms with Crippen molar-refractivity contribution in [2.45, 2.75) is 46.3 Å². The van der Waals surface area contributed by atoms with Crippen LogP contribution < -0.4 is 5.32 Å². The van der Waals surface area contributed by atoms with Gasteiger partial charge in [0, 0.05) is 23.7 Å². The van der Waals surface area contributed by atoms with Crippen LogP contribution in [0.4, 0.5) is 5.13 Å². The second-order valence-corrected chi connectivity index (χ2v) is 5.18. The van der Waals surface area contributed by atoms with Crippen molar-refractivity contribution in [1.29, 1.82) is 0 Å². The Morgan fingerprint density at radius 3 is 2.67 bits per heavy atom. The molecule has 0 radical (unpaired) electrons. The molecule has 1 N–H and O–H groups in total. The summed E-state index contributed by atoms with van der Waals surface area (Å²) in [6, 6.07) is 0. The first-order valence-corrected chi connectivity index (χ1v) is 5.93. The van der Waals surface area contributed by atoms with Gasteiger partial charge in [0.05, 0.1) is 0 Å². The maximum Gasteiger partial charge on any atom is 0.203 e. The molecule has 1 aromatic rings. The Morgan fingerprint density at radius 1 is 1.47 bits per heavy atom. The van der Waals surface area contributed by atoms with Crippen molar-refractivity contribution in [2.24, 2.45) is 0 Å². The molecular formula is C10H19N3OS. The third kappa shape index (κ3) is 4.13. The fourth-order valence-corrected chi connectivity index (χ4v) is 1.95. The molecule has 0 aliphatic heterocycles. The van der Waals surface area contributed by atoms with Crippen LogP contribution in [0.2, 0.25) is 0 Å². The Hall–Kier alpha value is -0.680. The van der Waals surface area contributed by atoms with Crippen LogP contribution in [0.1, 0.15) is 46.5 Å². The van der Waals surface area contributed by atoms with E-state index in [-0.39, 0.29) is 11.6 Å². The maximum absolute atomic E-state index is 5.43. The number of ether oxygens (including phenoxy) is 1. The van der Waals surface area contributed by atoms with E-state index in [0.717, 1.165) is 11.0 Å². The van der Waals surface area contributed by atoms with Crippen molar-refractivity contribution in [2.75, 3.05) is 11.9 Å². The lowest BCUT2D eigenvalue weighted by Crippen LogP contribution is -2.25. The van der Waals surface area contributed by atoms with E-state index in [4.69, 9.17) is 4.74 Å². The van der Waals surface area contributed by atoms with Gasteiger partial charge in [-0.3, -0.25) is 0 Å². The summed E-state index contributed by atoms with van der Waals surface area (Å²) < 4.78 is 9.69. The first-order valence-electron chi connectivity index (χ1n) is 5.16. The van der Waals surface area contributed by atoms with E-state index in [1.807, 2.05) is 13.8 Å². The lowest BCUT2D eigenvalue weighted by molar-refractivity contribution is 0.0710. The van der Waals surface area contributed by atoms with Crippen LogP contribution >= 0.6 is 11.5 Å². The van der Waals surface area contributed by atoms with Crippen LogP contribution in [0.25, 0.3) is 0 Å². The molecule has 5 heteroatoms. The molecule has 0 aromatic carbocycles. The van der Waals surface area contributed by atoms with Crippen molar-refractivity contribution in [3.05, 3.63) is 5.82 Å². The SMILES string of the molecule is CCOC(C)c1nsc(NC(C)(C)C)n1. The standard InChI is InChI=1S/C10H19N3OS/c1-6-14-7(2)8-11-9(15-13-8)12-10(3,4)5/h7H,6H2,1-5H3,(H,11,12,13). The number of nitrogens with zero attached hydrogens (tertiary/aromatic N) is 2. The van der Waals surface area contributed by atoms with Gasteiger partial charge in [-0.25, -0.2) is 4.98 Å². The van der Waals surface area contributed by atoms with E-state index in [1.54, 1.807) is 0 Å². The van der Waals surface area contributed by atoms with Gasteiger partial charge in [0.15, 0.2) is 5.82 Å². The maximum atomic E-state index is 5.43. The van der Waals surface area contributed by atoms with E-state index in [0.29, 0.717) is 6.61 Å². The number of nitrogens with one attached hydrogen (secondary N) is 1. The fourth-order valence-electron chi connectivity index (χ4n) is 1.10. The topological polar surface area (TPSA) is 47.0 Å². The van der Waals surface area contributed by atoms with Crippen LogP contribution in [-0.2, 0) is 4.74 Å². The second-order valence-electron chi connectivity index (χ2n) is 4.43. The number of hydrogen-bond donors (Lipinski definition) is 1.